The maximum Gasteiger partial charge on any atom is 0.240 e. The first-order valence-electron chi connectivity index (χ1n) is 7.60. The molecule has 0 saturated carbocycles. The SMILES string of the molecule is CNC1CC(C)(C)CCN(CC2=CC=CC2(C)C)C1=O. The molecule has 2 aliphatic rings. The normalized spacial score (nSPS) is 28.4. The second-order valence-electron chi connectivity index (χ2n) is 7.49. The molecule has 0 aromatic heterocycles. The summed E-state index contributed by atoms with van der Waals surface area (Å²) in [6.07, 6.45) is 8.47. The third-order valence-electron chi connectivity index (χ3n) is 4.77. The van der Waals surface area contributed by atoms with Gasteiger partial charge in [-0.3, -0.25) is 4.79 Å². The molecule has 1 fully saturated rings. The number of carbonyl (C=O) groups is 1. The van der Waals surface area contributed by atoms with Crippen LogP contribution in [0.15, 0.2) is 23.8 Å². The van der Waals surface area contributed by atoms with E-state index in [-0.39, 0.29) is 22.8 Å². The number of nitrogens with one attached hydrogen (secondary N) is 1. The maximum absolute atomic E-state index is 12.7. The molecule has 112 valence electrons. The Hall–Kier alpha value is -1.09. The lowest BCUT2D eigenvalue weighted by Gasteiger charge is -2.29. The molecule has 0 bridgehead atoms. The number of likely N-dealkylation sites (tertiary alicyclic amines) is 1. The first-order chi connectivity index (χ1) is 9.25. The van der Waals surface area contributed by atoms with Crippen LogP contribution in [-0.2, 0) is 4.79 Å². The molecule has 3 nitrogen and oxygen atoms in total. The molecule has 3 heteroatoms. The van der Waals surface area contributed by atoms with Crippen LogP contribution in [0.1, 0.15) is 40.5 Å². The van der Waals surface area contributed by atoms with Gasteiger partial charge in [-0.05, 0) is 30.9 Å². The highest BCUT2D eigenvalue weighted by Crippen LogP contribution is 2.35. The number of rotatable bonds is 3. The van der Waals surface area contributed by atoms with E-state index in [4.69, 9.17) is 0 Å². The number of hydrogen-bond donors (Lipinski definition) is 1. The van der Waals surface area contributed by atoms with Crippen LogP contribution in [0.4, 0.5) is 0 Å². The van der Waals surface area contributed by atoms with Crippen molar-refractivity contribution in [2.24, 2.45) is 10.8 Å². The fourth-order valence-corrected chi connectivity index (χ4v) is 3.08. The first-order valence-corrected chi connectivity index (χ1v) is 7.60. The minimum atomic E-state index is -0.0504. The zero-order valence-electron chi connectivity index (χ0n) is 13.5. The standard InChI is InChI=1S/C17H28N2O/c1-16(2)9-10-19(15(20)14(11-16)18-5)12-13-7-6-8-17(13,3)4/h6-8,14,18H,9-12H2,1-5H3. The van der Waals surface area contributed by atoms with Crippen LogP contribution < -0.4 is 5.32 Å². The summed E-state index contributed by atoms with van der Waals surface area (Å²) in [4.78, 5) is 14.7. The van der Waals surface area contributed by atoms with Crippen LogP contribution >= 0.6 is 0 Å². The van der Waals surface area contributed by atoms with Gasteiger partial charge in [-0.1, -0.05) is 45.9 Å². The summed E-state index contributed by atoms with van der Waals surface area (Å²) >= 11 is 0. The van der Waals surface area contributed by atoms with Crippen LogP contribution in [-0.4, -0.2) is 37.0 Å². The van der Waals surface area contributed by atoms with Gasteiger partial charge in [0.05, 0.1) is 6.04 Å². The van der Waals surface area contributed by atoms with Crippen molar-refractivity contribution in [3.8, 4) is 0 Å². The number of carbonyl (C=O) groups excluding carboxylic acids is 1. The predicted molar refractivity (Wildman–Crippen MR) is 83.4 cm³/mol. The lowest BCUT2D eigenvalue weighted by Crippen LogP contribution is -2.45. The van der Waals surface area contributed by atoms with E-state index < -0.39 is 0 Å². The van der Waals surface area contributed by atoms with Crippen molar-refractivity contribution in [1.29, 1.82) is 0 Å². The topological polar surface area (TPSA) is 32.3 Å². The van der Waals surface area contributed by atoms with Crippen molar-refractivity contribution in [3.05, 3.63) is 23.8 Å². The number of amides is 1. The Labute approximate surface area is 123 Å². The molecule has 0 aromatic rings. The third-order valence-corrected chi connectivity index (χ3v) is 4.77. The Bertz CT molecular complexity index is 446. The van der Waals surface area contributed by atoms with Crippen LogP contribution in [0.2, 0.25) is 0 Å². The monoisotopic (exact) mass is 276 g/mol. The fourth-order valence-electron chi connectivity index (χ4n) is 3.08. The minimum absolute atomic E-state index is 0.0504. The summed E-state index contributed by atoms with van der Waals surface area (Å²) in [6.45, 7) is 10.6. The zero-order chi connectivity index (χ0) is 15.0. The highest BCUT2D eigenvalue weighted by atomic mass is 16.2. The van der Waals surface area contributed by atoms with Crippen LogP contribution in [0.3, 0.4) is 0 Å². The summed E-state index contributed by atoms with van der Waals surface area (Å²) < 4.78 is 0. The molecule has 1 N–H and O–H groups in total. The molecule has 2 rings (SSSR count). The molecule has 1 atom stereocenters. The fraction of sp³-hybridized carbons (Fsp3) is 0.706. The Morgan fingerprint density at radius 3 is 2.60 bits per heavy atom. The molecule has 0 aromatic carbocycles. The molecule has 1 aliphatic carbocycles. The largest absolute Gasteiger partial charge is 0.337 e. The molecular weight excluding hydrogens is 248 g/mol. The summed E-state index contributed by atoms with van der Waals surface area (Å²) in [6, 6.07) is -0.0504. The van der Waals surface area contributed by atoms with Crippen molar-refractivity contribution in [2.45, 2.75) is 46.6 Å². The zero-order valence-corrected chi connectivity index (χ0v) is 13.5. The van der Waals surface area contributed by atoms with E-state index in [1.54, 1.807) is 0 Å². The summed E-state index contributed by atoms with van der Waals surface area (Å²) in [5, 5.41) is 3.20. The predicted octanol–water partition coefficient (Wildman–Crippen LogP) is 2.75. The lowest BCUT2D eigenvalue weighted by atomic mass is 9.83. The Balaban J connectivity index is 2.13. The average Bonchev–Trinajstić information content (AvgIpc) is 2.64. The molecule has 20 heavy (non-hydrogen) atoms. The quantitative estimate of drug-likeness (QED) is 0.859. The molecular formula is C17H28N2O. The smallest absolute Gasteiger partial charge is 0.240 e. The van der Waals surface area contributed by atoms with Gasteiger partial charge >= 0.3 is 0 Å². The maximum atomic E-state index is 12.7. The summed E-state index contributed by atoms with van der Waals surface area (Å²) in [5.74, 6) is 0.252. The van der Waals surface area contributed by atoms with E-state index in [2.05, 4.69) is 51.2 Å². The van der Waals surface area contributed by atoms with Gasteiger partial charge in [0, 0.05) is 18.5 Å². The van der Waals surface area contributed by atoms with Gasteiger partial charge in [0.25, 0.3) is 0 Å². The molecule has 0 radical (unpaired) electrons. The molecule has 1 heterocycles. The van der Waals surface area contributed by atoms with Crippen molar-refractivity contribution in [3.63, 3.8) is 0 Å². The van der Waals surface area contributed by atoms with Crippen LogP contribution in [0.5, 0.6) is 0 Å². The molecule has 1 aliphatic heterocycles. The first kappa shape index (κ1) is 15.3. The van der Waals surface area contributed by atoms with E-state index in [0.29, 0.717) is 0 Å². The van der Waals surface area contributed by atoms with Crippen molar-refractivity contribution < 1.29 is 4.79 Å². The molecule has 1 unspecified atom stereocenters. The molecule has 0 spiro atoms. The second-order valence-corrected chi connectivity index (χ2v) is 7.49. The summed E-state index contributed by atoms with van der Waals surface area (Å²) in [5.41, 5.74) is 1.63. The van der Waals surface area contributed by atoms with E-state index in [9.17, 15) is 4.79 Å². The second kappa shape index (κ2) is 5.36. The van der Waals surface area contributed by atoms with Crippen molar-refractivity contribution >= 4 is 5.91 Å². The molecule has 1 saturated heterocycles. The average molecular weight is 276 g/mol. The van der Waals surface area contributed by atoms with E-state index in [0.717, 1.165) is 25.9 Å². The van der Waals surface area contributed by atoms with Gasteiger partial charge in [-0.25, -0.2) is 0 Å². The minimum Gasteiger partial charge on any atom is -0.337 e. The Kier molecular flexibility index (Phi) is 4.10. The molecule has 1 amide bonds. The number of likely N-dealkylation sites (N-methyl/N-ethyl adjacent to an activating group) is 1. The Morgan fingerprint density at radius 1 is 1.35 bits per heavy atom. The van der Waals surface area contributed by atoms with Gasteiger partial charge in [0.1, 0.15) is 0 Å². The van der Waals surface area contributed by atoms with E-state index in [1.165, 1.54) is 5.57 Å². The van der Waals surface area contributed by atoms with Gasteiger partial charge in [0.15, 0.2) is 0 Å². The third kappa shape index (κ3) is 3.14. The van der Waals surface area contributed by atoms with Gasteiger partial charge in [0.2, 0.25) is 5.91 Å². The summed E-state index contributed by atoms with van der Waals surface area (Å²) in [7, 11) is 1.89. The van der Waals surface area contributed by atoms with Crippen LogP contribution in [0, 0.1) is 10.8 Å². The van der Waals surface area contributed by atoms with Crippen molar-refractivity contribution in [2.75, 3.05) is 20.1 Å². The highest BCUT2D eigenvalue weighted by Gasteiger charge is 2.35. The number of allylic oxidation sites excluding steroid dienone is 3. The number of hydrogen-bond acceptors (Lipinski definition) is 2. The van der Waals surface area contributed by atoms with E-state index >= 15 is 0 Å². The van der Waals surface area contributed by atoms with E-state index in [1.807, 2.05) is 11.9 Å². The van der Waals surface area contributed by atoms with Crippen molar-refractivity contribution in [1.82, 2.24) is 10.2 Å². The van der Waals surface area contributed by atoms with Gasteiger partial charge < -0.3 is 10.2 Å². The Morgan fingerprint density at radius 2 is 2.05 bits per heavy atom. The highest BCUT2D eigenvalue weighted by molar-refractivity contribution is 5.82. The number of nitrogens with zero attached hydrogens (tertiary/aromatic N) is 1. The van der Waals surface area contributed by atoms with Crippen LogP contribution in [0.25, 0.3) is 0 Å². The van der Waals surface area contributed by atoms with Gasteiger partial charge in [-0.2, -0.15) is 0 Å². The van der Waals surface area contributed by atoms with Gasteiger partial charge in [-0.15, -0.1) is 0 Å². The lowest BCUT2D eigenvalue weighted by molar-refractivity contribution is -0.132.